The van der Waals surface area contributed by atoms with Crippen LogP contribution in [0.5, 0.6) is 0 Å². The van der Waals surface area contributed by atoms with Gasteiger partial charge >= 0.3 is 0 Å². The standard InChI is InChI=1S/C12H18N2O/c1-4-8-5-9(8)10(15)14-12(7-13)6-11(12,2)3/h8-9H,4-6H2,1-3H3,(H,14,15)/t8-,9-,12?/m1/s1. The quantitative estimate of drug-likeness (QED) is 0.766. The molecule has 1 amide bonds. The monoisotopic (exact) mass is 206 g/mol. The molecule has 0 aromatic rings. The Bertz CT molecular complexity index is 342. The topological polar surface area (TPSA) is 52.9 Å². The van der Waals surface area contributed by atoms with Gasteiger partial charge in [-0.1, -0.05) is 27.2 Å². The minimum absolute atomic E-state index is 0.0476. The summed E-state index contributed by atoms with van der Waals surface area (Å²) in [6.45, 7) is 6.17. The zero-order chi connectivity index (χ0) is 11.3. The average molecular weight is 206 g/mol. The highest BCUT2D eigenvalue weighted by Gasteiger charge is 2.64. The van der Waals surface area contributed by atoms with E-state index in [0.29, 0.717) is 5.92 Å². The molecule has 2 saturated carbocycles. The summed E-state index contributed by atoms with van der Waals surface area (Å²) in [5, 5.41) is 12.0. The molecule has 0 aliphatic heterocycles. The second-order valence-electron chi connectivity index (χ2n) is 5.58. The maximum Gasteiger partial charge on any atom is 0.224 e. The molecule has 3 atom stereocenters. The maximum atomic E-state index is 11.8. The second-order valence-corrected chi connectivity index (χ2v) is 5.58. The number of hydrogen-bond donors (Lipinski definition) is 1. The Morgan fingerprint density at radius 1 is 1.60 bits per heavy atom. The summed E-state index contributed by atoms with van der Waals surface area (Å²) >= 11 is 0. The summed E-state index contributed by atoms with van der Waals surface area (Å²) in [7, 11) is 0. The van der Waals surface area contributed by atoms with Gasteiger partial charge in [-0.3, -0.25) is 4.79 Å². The van der Waals surface area contributed by atoms with Crippen LogP contribution in [0.3, 0.4) is 0 Å². The number of nitrogens with zero attached hydrogens (tertiary/aromatic N) is 1. The molecule has 3 heteroatoms. The lowest BCUT2D eigenvalue weighted by molar-refractivity contribution is -0.123. The molecule has 1 unspecified atom stereocenters. The molecular formula is C12H18N2O. The molecule has 0 radical (unpaired) electrons. The van der Waals surface area contributed by atoms with Gasteiger partial charge in [0.2, 0.25) is 5.91 Å². The van der Waals surface area contributed by atoms with Gasteiger partial charge in [-0.25, -0.2) is 0 Å². The first kappa shape index (κ1) is 10.5. The molecule has 0 spiro atoms. The number of hydrogen-bond acceptors (Lipinski definition) is 2. The smallest absolute Gasteiger partial charge is 0.224 e. The summed E-state index contributed by atoms with van der Waals surface area (Å²) in [5.74, 6) is 0.827. The minimum Gasteiger partial charge on any atom is -0.337 e. The number of nitriles is 1. The van der Waals surface area contributed by atoms with Crippen LogP contribution < -0.4 is 5.32 Å². The van der Waals surface area contributed by atoms with E-state index >= 15 is 0 Å². The fourth-order valence-corrected chi connectivity index (χ4v) is 2.37. The molecule has 1 N–H and O–H groups in total. The molecular weight excluding hydrogens is 188 g/mol. The summed E-state index contributed by atoms with van der Waals surface area (Å²) in [6, 6.07) is 2.26. The molecule has 2 aliphatic rings. The highest BCUT2D eigenvalue weighted by atomic mass is 16.2. The summed E-state index contributed by atoms with van der Waals surface area (Å²) in [5.41, 5.74) is -0.626. The second kappa shape index (κ2) is 2.98. The van der Waals surface area contributed by atoms with E-state index < -0.39 is 5.54 Å². The minimum atomic E-state index is -0.578. The third-order valence-corrected chi connectivity index (χ3v) is 4.05. The lowest BCUT2D eigenvalue weighted by Crippen LogP contribution is -2.40. The van der Waals surface area contributed by atoms with E-state index in [2.05, 4.69) is 18.3 Å². The lowest BCUT2D eigenvalue weighted by Gasteiger charge is -2.14. The largest absolute Gasteiger partial charge is 0.337 e. The summed E-state index contributed by atoms with van der Waals surface area (Å²) < 4.78 is 0. The van der Waals surface area contributed by atoms with Crippen molar-refractivity contribution in [1.29, 1.82) is 5.26 Å². The Kier molecular flexibility index (Phi) is 2.08. The van der Waals surface area contributed by atoms with Gasteiger partial charge in [-0.2, -0.15) is 5.26 Å². The molecule has 0 heterocycles. The molecule has 0 aromatic heterocycles. The van der Waals surface area contributed by atoms with Gasteiger partial charge in [0.1, 0.15) is 5.54 Å². The predicted molar refractivity (Wildman–Crippen MR) is 56.8 cm³/mol. The Labute approximate surface area is 90.8 Å². The van der Waals surface area contributed by atoms with Crippen LogP contribution in [0.4, 0.5) is 0 Å². The molecule has 82 valence electrons. The van der Waals surface area contributed by atoms with Crippen molar-refractivity contribution in [2.45, 2.75) is 45.6 Å². The average Bonchev–Trinajstić information content (AvgIpc) is 3.02. The van der Waals surface area contributed by atoms with Gasteiger partial charge in [0, 0.05) is 11.3 Å². The predicted octanol–water partition coefficient (Wildman–Crippen LogP) is 1.84. The van der Waals surface area contributed by atoms with Gasteiger partial charge in [0.05, 0.1) is 6.07 Å². The Balaban J connectivity index is 1.94. The van der Waals surface area contributed by atoms with Crippen molar-refractivity contribution >= 4 is 5.91 Å². The van der Waals surface area contributed by atoms with E-state index in [9.17, 15) is 4.79 Å². The molecule has 2 fully saturated rings. The third-order valence-electron chi connectivity index (χ3n) is 4.05. The van der Waals surface area contributed by atoms with Crippen molar-refractivity contribution in [3.8, 4) is 6.07 Å². The fourth-order valence-electron chi connectivity index (χ4n) is 2.37. The first-order valence-corrected chi connectivity index (χ1v) is 5.69. The number of amides is 1. The van der Waals surface area contributed by atoms with Crippen LogP contribution >= 0.6 is 0 Å². The van der Waals surface area contributed by atoms with Crippen molar-refractivity contribution in [3.05, 3.63) is 0 Å². The van der Waals surface area contributed by atoms with E-state index in [0.717, 1.165) is 19.3 Å². The van der Waals surface area contributed by atoms with Crippen molar-refractivity contribution in [3.63, 3.8) is 0 Å². The number of carbonyl (C=O) groups excluding carboxylic acids is 1. The zero-order valence-corrected chi connectivity index (χ0v) is 9.63. The van der Waals surface area contributed by atoms with Gasteiger partial charge in [0.15, 0.2) is 0 Å². The number of rotatable bonds is 3. The summed E-state index contributed by atoms with van der Waals surface area (Å²) in [6.07, 6.45) is 2.86. The Hall–Kier alpha value is -1.04. The van der Waals surface area contributed by atoms with Crippen LogP contribution in [0.1, 0.15) is 40.0 Å². The SMILES string of the molecule is CC[C@@H]1C[C@H]1C(=O)NC1(C#N)CC1(C)C. The molecule has 0 saturated heterocycles. The van der Waals surface area contributed by atoms with Crippen molar-refractivity contribution < 1.29 is 4.79 Å². The van der Waals surface area contributed by atoms with Gasteiger partial charge in [0.25, 0.3) is 0 Å². The van der Waals surface area contributed by atoms with E-state index in [1.807, 2.05) is 13.8 Å². The first-order chi connectivity index (χ1) is 6.96. The van der Waals surface area contributed by atoms with Gasteiger partial charge < -0.3 is 5.32 Å². The molecule has 2 aliphatic carbocycles. The zero-order valence-electron chi connectivity index (χ0n) is 9.63. The first-order valence-electron chi connectivity index (χ1n) is 5.69. The van der Waals surface area contributed by atoms with Crippen LogP contribution in [0, 0.1) is 28.6 Å². The molecule has 2 rings (SSSR count). The van der Waals surface area contributed by atoms with E-state index in [1.54, 1.807) is 0 Å². The summed E-state index contributed by atoms with van der Waals surface area (Å²) in [4.78, 5) is 11.8. The Morgan fingerprint density at radius 2 is 2.20 bits per heavy atom. The van der Waals surface area contributed by atoms with E-state index in [4.69, 9.17) is 5.26 Å². The van der Waals surface area contributed by atoms with Crippen LogP contribution in [0.15, 0.2) is 0 Å². The number of carbonyl (C=O) groups is 1. The maximum absolute atomic E-state index is 11.8. The van der Waals surface area contributed by atoms with E-state index in [-0.39, 0.29) is 17.2 Å². The van der Waals surface area contributed by atoms with Gasteiger partial charge in [-0.05, 0) is 18.8 Å². The fraction of sp³-hybridized carbons (Fsp3) is 0.833. The van der Waals surface area contributed by atoms with Crippen LogP contribution in [-0.4, -0.2) is 11.4 Å². The third kappa shape index (κ3) is 1.52. The molecule has 3 nitrogen and oxygen atoms in total. The van der Waals surface area contributed by atoms with Crippen molar-refractivity contribution in [1.82, 2.24) is 5.32 Å². The lowest BCUT2D eigenvalue weighted by atomic mass is 10.1. The van der Waals surface area contributed by atoms with Gasteiger partial charge in [-0.15, -0.1) is 0 Å². The highest BCUT2D eigenvalue weighted by Crippen LogP contribution is 2.55. The Morgan fingerprint density at radius 3 is 2.53 bits per heavy atom. The van der Waals surface area contributed by atoms with Crippen molar-refractivity contribution in [2.24, 2.45) is 17.3 Å². The highest BCUT2D eigenvalue weighted by molar-refractivity contribution is 5.83. The van der Waals surface area contributed by atoms with Crippen molar-refractivity contribution in [2.75, 3.05) is 0 Å². The molecule has 0 bridgehead atoms. The van der Waals surface area contributed by atoms with E-state index in [1.165, 1.54) is 0 Å². The molecule has 15 heavy (non-hydrogen) atoms. The molecule has 0 aromatic carbocycles. The van der Waals surface area contributed by atoms with Crippen LogP contribution in [0.25, 0.3) is 0 Å². The van der Waals surface area contributed by atoms with Crippen LogP contribution in [0.2, 0.25) is 0 Å². The number of nitrogens with one attached hydrogen (secondary N) is 1. The normalized spacial score (nSPS) is 40.4. The van der Waals surface area contributed by atoms with Crippen LogP contribution in [-0.2, 0) is 4.79 Å².